The molecule has 2 heterocycles. The van der Waals surface area contributed by atoms with Crippen LogP contribution >= 0.6 is 0 Å². The molecule has 1 N–H and O–H groups in total. The Balaban J connectivity index is 1.51. The van der Waals surface area contributed by atoms with E-state index in [0.29, 0.717) is 32.0 Å². The standard InChI is InChI=1S/C23H34N4O3S/c1-16-24-20-15-19(9-10-21(20)27(16)18-7-5-6-8-18)31(29,30)26-13-11-17(12-14-26)22(28)25-23(2,3)4/h9-10,15,17-18H,5-8,11-14H2,1-4H3,(H,25,28). The third kappa shape index (κ3) is 4.51. The normalized spacial score (nSPS) is 19.9. The Bertz CT molecular complexity index is 1070. The summed E-state index contributed by atoms with van der Waals surface area (Å²) in [5.41, 5.74) is 1.47. The summed E-state index contributed by atoms with van der Waals surface area (Å²) in [5, 5.41) is 3.01. The summed E-state index contributed by atoms with van der Waals surface area (Å²) >= 11 is 0. The average Bonchev–Trinajstić information content (AvgIpc) is 3.32. The molecule has 0 radical (unpaired) electrons. The Labute approximate surface area is 185 Å². The maximum absolute atomic E-state index is 13.3. The number of carbonyl (C=O) groups is 1. The largest absolute Gasteiger partial charge is 0.351 e. The van der Waals surface area contributed by atoms with Gasteiger partial charge in [-0.15, -0.1) is 0 Å². The molecule has 2 aromatic rings. The lowest BCUT2D eigenvalue weighted by Crippen LogP contribution is -2.47. The van der Waals surface area contributed by atoms with Crippen molar-refractivity contribution in [3.8, 4) is 0 Å². The quantitative estimate of drug-likeness (QED) is 0.775. The van der Waals surface area contributed by atoms with Crippen LogP contribution in [0, 0.1) is 12.8 Å². The summed E-state index contributed by atoms with van der Waals surface area (Å²) in [6, 6.07) is 5.79. The number of hydrogen-bond donors (Lipinski definition) is 1. The minimum Gasteiger partial charge on any atom is -0.351 e. The number of aromatic nitrogens is 2. The van der Waals surface area contributed by atoms with Crippen LogP contribution in [-0.2, 0) is 14.8 Å². The van der Waals surface area contributed by atoms with E-state index in [1.54, 1.807) is 12.1 Å². The first kappa shape index (κ1) is 22.3. The second kappa shape index (κ2) is 8.20. The highest BCUT2D eigenvalue weighted by Gasteiger charge is 2.33. The zero-order chi connectivity index (χ0) is 22.4. The van der Waals surface area contributed by atoms with Gasteiger partial charge in [0.15, 0.2) is 0 Å². The van der Waals surface area contributed by atoms with Gasteiger partial charge in [0.1, 0.15) is 5.82 Å². The first-order valence-electron chi connectivity index (χ1n) is 11.4. The average molecular weight is 447 g/mol. The molecule has 1 aliphatic heterocycles. The van der Waals surface area contributed by atoms with Crippen molar-refractivity contribution in [3.63, 3.8) is 0 Å². The molecule has 31 heavy (non-hydrogen) atoms. The van der Waals surface area contributed by atoms with Gasteiger partial charge in [-0.25, -0.2) is 13.4 Å². The van der Waals surface area contributed by atoms with E-state index in [4.69, 9.17) is 0 Å². The Morgan fingerprint density at radius 1 is 1.10 bits per heavy atom. The van der Waals surface area contributed by atoms with Crippen molar-refractivity contribution in [3.05, 3.63) is 24.0 Å². The predicted octanol–water partition coefficient (Wildman–Crippen LogP) is 3.78. The Hall–Kier alpha value is -1.93. The molecule has 4 rings (SSSR count). The molecule has 0 unspecified atom stereocenters. The molecular formula is C23H34N4O3S. The summed E-state index contributed by atoms with van der Waals surface area (Å²) in [5.74, 6) is 0.818. The van der Waals surface area contributed by atoms with Crippen LogP contribution in [0.15, 0.2) is 23.1 Å². The SMILES string of the molecule is Cc1nc2cc(S(=O)(=O)N3CCC(C(=O)NC(C)(C)C)CC3)ccc2n1C1CCCC1. The molecular weight excluding hydrogens is 412 g/mol. The number of sulfonamides is 1. The number of nitrogens with zero attached hydrogens (tertiary/aromatic N) is 3. The second-order valence-corrected chi connectivity index (χ2v) is 12.0. The second-order valence-electron chi connectivity index (χ2n) is 10.0. The predicted molar refractivity (Wildman–Crippen MR) is 121 cm³/mol. The van der Waals surface area contributed by atoms with Crippen molar-refractivity contribution in [1.29, 1.82) is 0 Å². The van der Waals surface area contributed by atoms with Gasteiger partial charge in [-0.2, -0.15) is 4.31 Å². The summed E-state index contributed by atoms with van der Waals surface area (Å²) in [6.45, 7) is 8.58. The van der Waals surface area contributed by atoms with Crippen LogP contribution < -0.4 is 5.32 Å². The van der Waals surface area contributed by atoms with Crippen molar-refractivity contribution >= 4 is 27.0 Å². The van der Waals surface area contributed by atoms with Crippen LogP contribution in [0.3, 0.4) is 0 Å². The van der Waals surface area contributed by atoms with Crippen LogP contribution in [0.25, 0.3) is 11.0 Å². The van der Waals surface area contributed by atoms with Gasteiger partial charge in [0.25, 0.3) is 0 Å². The third-order valence-corrected chi connectivity index (χ3v) is 8.38. The van der Waals surface area contributed by atoms with Gasteiger partial charge >= 0.3 is 0 Å². The van der Waals surface area contributed by atoms with Gasteiger partial charge in [0.05, 0.1) is 15.9 Å². The topological polar surface area (TPSA) is 84.3 Å². The van der Waals surface area contributed by atoms with E-state index in [9.17, 15) is 13.2 Å². The van der Waals surface area contributed by atoms with Crippen molar-refractivity contribution < 1.29 is 13.2 Å². The van der Waals surface area contributed by atoms with Crippen LogP contribution in [0.1, 0.15) is 71.2 Å². The molecule has 1 saturated carbocycles. The number of rotatable bonds is 4. The van der Waals surface area contributed by atoms with Gasteiger partial charge < -0.3 is 9.88 Å². The molecule has 0 spiro atoms. The molecule has 1 aromatic carbocycles. The van der Waals surface area contributed by atoms with Gasteiger partial charge in [0.2, 0.25) is 15.9 Å². The van der Waals surface area contributed by atoms with E-state index in [-0.39, 0.29) is 22.3 Å². The molecule has 1 saturated heterocycles. The molecule has 7 nitrogen and oxygen atoms in total. The smallest absolute Gasteiger partial charge is 0.243 e. The number of hydrogen-bond acceptors (Lipinski definition) is 4. The van der Waals surface area contributed by atoms with Gasteiger partial charge in [-0.3, -0.25) is 4.79 Å². The third-order valence-electron chi connectivity index (χ3n) is 6.49. The van der Waals surface area contributed by atoms with Crippen molar-refractivity contribution in [2.75, 3.05) is 13.1 Å². The van der Waals surface area contributed by atoms with Crippen LogP contribution in [0.4, 0.5) is 0 Å². The zero-order valence-electron chi connectivity index (χ0n) is 19.0. The molecule has 2 aliphatic rings. The van der Waals surface area contributed by atoms with Crippen molar-refractivity contribution in [2.45, 2.75) is 82.7 Å². The molecule has 2 fully saturated rings. The van der Waals surface area contributed by atoms with E-state index in [1.807, 2.05) is 33.8 Å². The van der Waals surface area contributed by atoms with Crippen LogP contribution in [0.5, 0.6) is 0 Å². The maximum atomic E-state index is 13.3. The lowest BCUT2D eigenvalue weighted by Gasteiger charge is -2.32. The van der Waals surface area contributed by atoms with E-state index >= 15 is 0 Å². The van der Waals surface area contributed by atoms with Gasteiger partial charge in [-0.1, -0.05) is 12.8 Å². The van der Waals surface area contributed by atoms with E-state index in [2.05, 4.69) is 14.9 Å². The van der Waals surface area contributed by atoms with Gasteiger partial charge in [-0.05, 0) is 71.6 Å². The number of nitrogens with one attached hydrogen (secondary N) is 1. The summed E-state index contributed by atoms with van der Waals surface area (Å²) in [6.07, 6.45) is 5.87. The first-order valence-corrected chi connectivity index (χ1v) is 12.8. The minimum absolute atomic E-state index is 0.0129. The molecule has 0 bridgehead atoms. The number of aryl methyl sites for hydroxylation is 1. The highest BCUT2D eigenvalue weighted by molar-refractivity contribution is 7.89. The van der Waals surface area contributed by atoms with E-state index in [0.717, 1.165) is 29.7 Å². The molecule has 8 heteroatoms. The fourth-order valence-corrected chi connectivity index (χ4v) is 6.45. The number of fused-ring (bicyclic) bond motifs is 1. The number of piperidine rings is 1. The fraction of sp³-hybridized carbons (Fsp3) is 0.652. The zero-order valence-corrected chi connectivity index (χ0v) is 19.8. The first-order chi connectivity index (χ1) is 14.6. The fourth-order valence-electron chi connectivity index (χ4n) is 4.96. The van der Waals surface area contributed by atoms with Crippen molar-refractivity contribution in [1.82, 2.24) is 19.2 Å². The Kier molecular flexibility index (Phi) is 5.89. The van der Waals surface area contributed by atoms with Crippen LogP contribution in [-0.4, -0.2) is 46.8 Å². The number of benzene rings is 1. The Morgan fingerprint density at radius 3 is 2.35 bits per heavy atom. The highest BCUT2D eigenvalue weighted by atomic mass is 32.2. The summed E-state index contributed by atoms with van der Waals surface area (Å²) in [7, 11) is -3.61. The van der Waals surface area contributed by atoms with E-state index in [1.165, 1.54) is 17.1 Å². The monoisotopic (exact) mass is 446 g/mol. The summed E-state index contributed by atoms with van der Waals surface area (Å²) < 4.78 is 30.3. The van der Waals surface area contributed by atoms with Crippen molar-refractivity contribution in [2.24, 2.45) is 5.92 Å². The van der Waals surface area contributed by atoms with E-state index < -0.39 is 10.0 Å². The Morgan fingerprint density at radius 2 is 1.74 bits per heavy atom. The molecule has 170 valence electrons. The number of amides is 1. The minimum atomic E-state index is -3.61. The summed E-state index contributed by atoms with van der Waals surface area (Å²) in [4.78, 5) is 17.4. The molecule has 1 amide bonds. The van der Waals surface area contributed by atoms with Crippen LogP contribution in [0.2, 0.25) is 0 Å². The lowest BCUT2D eigenvalue weighted by atomic mass is 9.96. The molecule has 0 atom stereocenters. The maximum Gasteiger partial charge on any atom is 0.243 e. The van der Waals surface area contributed by atoms with Gasteiger partial charge in [0, 0.05) is 30.6 Å². The number of carbonyl (C=O) groups excluding carboxylic acids is 1. The molecule has 1 aliphatic carbocycles. The highest BCUT2D eigenvalue weighted by Crippen LogP contribution is 2.34. The number of imidazole rings is 1. The lowest BCUT2D eigenvalue weighted by molar-refractivity contribution is -0.127. The molecule has 1 aromatic heterocycles.